The van der Waals surface area contributed by atoms with E-state index in [4.69, 9.17) is 4.98 Å². The zero-order valence-corrected chi connectivity index (χ0v) is 33.3. The van der Waals surface area contributed by atoms with Crippen LogP contribution in [-0.4, -0.2) is 113 Å². The van der Waals surface area contributed by atoms with E-state index in [-0.39, 0.29) is 29.5 Å². The summed E-state index contributed by atoms with van der Waals surface area (Å²) in [5.74, 6) is 2.44. The van der Waals surface area contributed by atoms with Crippen molar-refractivity contribution >= 4 is 53.3 Å². The number of pyridine rings is 1. The number of nitrogens with zero attached hydrogens (tertiary/aromatic N) is 3. The zero-order chi connectivity index (χ0) is 38.1. The lowest BCUT2D eigenvalue weighted by atomic mass is 9.89. The van der Waals surface area contributed by atoms with E-state index in [2.05, 4.69) is 39.6 Å². The molecule has 2 saturated heterocycles. The number of amides is 3. The Balaban J connectivity index is 1.15. The lowest BCUT2D eigenvalue weighted by Crippen LogP contribution is -2.60. The first-order valence-electron chi connectivity index (χ1n) is 19.0. The Hall–Kier alpha value is -3.26. The monoisotopic (exact) mass is 766 g/mol. The molecule has 13 heteroatoms. The number of likely N-dealkylation sites (tertiary alicyclic amines) is 2. The number of thioether (sulfide) groups is 2. The number of ketones is 1. The van der Waals surface area contributed by atoms with Crippen molar-refractivity contribution in [3.8, 4) is 0 Å². The number of aromatic nitrogens is 1. The summed E-state index contributed by atoms with van der Waals surface area (Å²) in [6.45, 7) is 7.62. The summed E-state index contributed by atoms with van der Waals surface area (Å²) in [5.41, 5.74) is 1.94. The Morgan fingerprint density at radius 3 is 2.25 bits per heavy atom. The van der Waals surface area contributed by atoms with Crippen LogP contribution in [0.1, 0.15) is 75.7 Å². The third-order valence-electron chi connectivity index (χ3n) is 9.80. The van der Waals surface area contributed by atoms with E-state index < -0.39 is 11.6 Å². The van der Waals surface area contributed by atoms with Crippen LogP contribution in [0.4, 0.5) is 0 Å². The third kappa shape index (κ3) is 15.6. The maximum atomic E-state index is 13.5. The van der Waals surface area contributed by atoms with Crippen molar-refractivity contribution in [1.82, 2.24) is 30.7 Å². The molecular formula is C40H58N6O5S2. The Morgan fingerprint density at radius 1 is 0.906 bits per heavy atom. The van der Waals surface area contributed by atoms with Gasteiger partial charge in [0.05, 0.1) is 23.5 Å². The van der Waals surface area contributed by atoms with Crippen molar-refractivity contribution in [3.05, 3.63) is 65.5 Å². The number of rotatable bonds is 21. The molecule has 0 spiro atoms. The van der Waals surface area contributed by atoms with Crippen LogP contribution < -0.4 is 16.0 Å². The highest BCUT2D eigenvalue weighted by atomic mass is 32.2. The van der Waals surface area contributed by atoms with Crippen molar-refractivity contribution in [3.63, 3.8) is 0 Å². The van der Waals surface area contributed by atoms with Crippen molar-refractivity contribution in [2.45, 2.75) is 94.3 Å². The molecule has 2 aliphatic heterocycles. The molecule has 0 radical (unpaired) electrons. The number of nitrogens with one attached hydrogen (secondary N) is 3. The van der Waals surface area contributed by atoms with Crippen LogP contribution in [0.5, 0.6) is 0 Å². The second kappa shape index (κ2) is 22.2. The number of hydrogen-bond donors (Lipinski definition) is 3. The highest BCUT2D eigenvalue weighted by Gasteiger charge is 2.37. The van der Waals surface area contributed by atoms with Gasteiger partial charge in [0.25, 0.3) is 0 Å². The molecule has 0 aliphatic carbocycles. The lowest BCUT2D eigenvalue weighted by molar-refractivity contribution is -0.132. The van der Waals surface area contributed by atoms with Gasteiger partial charge >= 0.3 is 0 Å². The molecule has 2 aromatic rings. The van der Waals surface area contributed by atoms with Crippen LogP contribution in [0.25, 0.3) is 0 Å². The van der Waals surface area contributed by atoms with Gasteiger partial charge in [0.2, 0.25) is 17.7 Å². The highest BCUT2D eigenvalue weighted by molar-refractivity contribution is 7.98. The summed E-state index contributed by atoms with van der Waals surface area (Å²) in [4.78, 5) is 72.6. The maximum absolute atomic E-state index is 13.5. The third-order valence-corrected chi connectivity index (χ3v) is 11.9. The van der Waals surface area contributed by atoms with Crippen LogP contribution in [-0.2, 0) is 41.9 Å². The fourth-order valence-corrected chi connectivity index (χ4v) is 8.27. The van der Waals surface area contributed by atoms with Crippen LogP contribution in [0, 0.1) is 5.92 Å². The van der Waals surface area contributed by atoms with E-state index in [1.54, 1.807) is 11.8 Å². The van der Waals surface area contributed by atoms with E-state index in [0.717, 1.165) is 55.6 Å². The number of hydrogen-bond acceptors (Lipinski definition) is 10. The first kappa shape index (κ1) is 42.5. The second-order valence-electron chi connectivity index (χ2n) is 14.9. The van der Waals surface area contributed by atoms with Crippen LogP contribution >= 0.6 is 23.5 Å². The van der Waals surface area contributed by atoms with Gasteiger partial charge in [-0.25, -0.2) is 0 Å². The Labute approximate surface area is 324 Å². The maximum Gasteiger partial charge on any atom is 0.244 e. The van der Waals surface area contributed by atoms with Gasteiger partial charge in [-0.2, -0.15) is 23.5 Å². The van der Waals surface area contributed by atoms with Gasteiger partial charge in [0.1, 0.15) is 12.3 Å². The first-order chi connectivity index (χ1) is 25.5. The second-order valence-corrected chi connectivity index (χ2v) is 17.0. The van der Waals surface area contributed by atoms with Crippen molar-refractivity contribution in [2.75, 3.05) is 51.3 Å². The van der Waals surface area contributed by atoms with Gasteiger partial charge in [-0.15, -0.1) is 0 Å². The standard InChI is InChI=1S/C40H58N6O5S2/c1-30(2)12-13-37(49)43-36(39(51)44-40(29-47)17-21-45(3)22-18-40)28-53-27-34-11-7-10-33(41-34)26-52-23-16-38(50)42-32-14-19-46(20-15-32)25-35(48)24-31-8-5-4-6-9-31/h4-11,29-30,32,36H,12-28H2,1-3H3,(H,42,50)(H,43,49)(H,44,51)/t36-/m1/s1. The summed E-state index contributed by atoms with van der Waals surface area (Å²) in [5, 5.41) is 9.09. The van der Waals surface area contributed by atoms with E-state index in [1.807, 2.05) is 55.6 Å². The van der Waals surface area contributed by atoms with Gasteiger partial charge in [-0.3, -0.25) is 29.1 Å². The minimum Gasteiger partial charge on any atom is -0.353 e. The molecule has 53 heavy (non-hydrogen) atoms. The average molecular weight is 767 g/mol. The Morgan fingerprint density at radius 2 is 1.58 bits per heavy atom. The summed E-state index contributed by atoms with van der Waals surface area (Å²) in [6.07, 6.45) is 5.60. The molecule has 3 heterocycles. The molecule has 1 aromatic heterocycles. The molecule has 0 unspecified atom stereocenters. The van der Waals surface area contributed by atoms with Crippen molar-refractivity contribution in [1.29, 1.82) is 0 Å². The average Bonchev–Trinajstić information content (AvgIpc) is 3.14. The number of benzene rings is 1. The number of Topliss-reactive ketones (excluding diaryl/α,β-unsaturated/α-hetero) is 1. The number of carbonyl (C=O) groups excluding carboxylic acids is 5. The van der Waals surface area contributed by atoms with Gasteiger partial charge in [-0.05, 0) is 62.8 Å². The largest absolute Gasteiger partial charge is 0.353 e. The molecular weight excluding hydrogens is 709 g/mol. The van der Waals surface area contributed by atoms with E-state index in [0.29, 0.717) is 80.7 Å². The summed E-state index contributed by atoms with van der Waals surface area (Å²) >= 11 is 3.19. The smallest absolute Gasteiger partial charge is 0.244 e. The van der Waals surface area contributed by atoms with Gasteiger partial charge in [0, 0.05) is 74.5 Å². The highest BCUT2D eigenvalue weighted by Crippen LogP contribution is 2.21. The molecule has 11 nitrogen and oxygen atoms in total. The molecule has 0 bridgehead atoms. The Kier molecular flexibility index (Phi) is 17.8. The van der Waals surface area contributed by atoms with E-state index >= 15 is 0 Å². The quantitative estimate of drug-likeness (QED) is 0.126. The van der Waals surface area contributed by atoms with Crippen molar-refractivity contribution in [2.24, 2.45) is 5.92 Å². The van der Waals surface area contributed by atoms with Crippen LogP contribution in [0.2, 0.25) is 0 Å². The number of aldehydes is 1. The molecule has 2 fully saturated rings. The molecule has 0 saturated carbocycles. The lowest BCUT2D eigenvalue weighted by Gasteiger charge is -2.38. The SMILES string of the molecule is CC(C)CCC(=O)N[C@H](CSCc1cccc(CSCCC(=O)NC2CCN(CC(=O)Cc3ccccc3)CC2)n1)C(=O)NC1(C=O)CCN(C)CC1. The van der Waals surface area contributed by atoms with E-state index in [9.17, 15) is 24.0 Å². The van der Waals surface area contributed by atoms with Gasteiger partial charge < -0.3 is 25.6 Å². The topological polar surface area (TPSA) is 141 Å². The summed E-state index contributed by atoms with van der Waals surface area (Å²) in [6, 6.07) is 15.1. The van der Waals surface area contributed by atoms with Gasteiger partial charge in [0.15, 0.2) is 5.78 Å². The molecule has 3 amide bonds. The first-order valence-corrected chi connectivity index (χ1v) is 21.3. The molecule has 1 atom stereocenters. The molecule has 1 aromatic carbocycles. The van der Waals surface area contributed by atoms with Crippen LogP contribution in [0.15, 0.2) is 48.5 Å². The molecule has 290 valence electrons. The molecule has 4 rings (SSSR count). The number of piperidine rings is 2. The van der Waals surface area contributed by atoms with Crippen LogP contribution in [0.3, 0.4) is 0 Å². The van der Waals surface area contributed by atoms with Gasteiger partial charge in [-0.1, -0.05) is 50.2 Å². The van der Waals surface area contributed by atoms with Crippen molar-refractivity contribution < 1.29 is 24.0 Å². The predicted molar refractivity (Wildman–Crippen MR) is 214 cm³/mol. The normalized spacial score (nSPS) is 17.2. The Bertz CT molecular complexity index is 1480. The predicted octanol–water partition coefficient (Wildman–Crippen LogP) is 4.03. The number of carbonyl (C=O) groups is 5. The fourth-order valence-electron chi connectivity index (χ4n) is 6.47. The summed E-state index contributed by atoms with van der Waals surface area (Å²) in [7, 11) is 2.00. The minimum atomic E-state index is -0.910. The molecule has 2 aliphatic rings. The fraction of sp³-hybridized carbons (Fsp3) is 0.600. The summed E-state index contributed by atoms with van der Waals surface area (Å²) < 4.78 is 0. The zero-order valence-electron chi connectivity index (χ0n) is 31.6. The molecule has 3 N–H and O–H groups in total. The van der Waals surface area contributed by atoms with E-state index in [1.165, 1.54) is 11.8 Å². The minimum absolute atomic E-state index is 0.0546.